The Hall–Kier alpha value is -5.40. The Morgan fingerprint density at radius 2 is 1.29 bits per heavy atom. The Kier molecular flexibility index (Phi) is 10.2. The molecule has 5 aromatic carbocycles. The maximum atomic E-state index is 13.6. The van der Waals surface area contributed by atoms with E-state index in [2.05, 4.69) is 16.0 Å². The summed E-state index contributed by atoms with van der Waals surface area (Å²) in [5, 5.41) is 8.26. The molecular formula is C38H33N3O3S. The van der Waals surface area contributed by atoms with Crippen LogP contribution in [-0.4, -0.2) is 17.7 Å². The number of rotatable bonds is 10. The van der Waals surface area contributed by atoms with Gasteiger partial charge in [0, 0.05) is 21.8 Å². The number of nitrogens with one attached hydrogen (secondary N) is 3. The second kappa shape index (κ2) is 14.9. The molecular weight excluding hydrogens is 579 g/mol. The number of carbonyl (C=O) groups is 3. The van der Waals surface area contributed by atoms with E-state index in [1.807, 2.05) is 111 Å². The Morgan fingerprint density at radius 3 is 1.96 bits per heavy atom. The van der Waals surface area contributed by atoms with Crippen molar-refractivity contribution in [1.29, 1.82) is 0 Å². The predicted molar refractivity (Wildman–Crippen MR) is 183 cm³/mol. The van der Waals surface area contributed by atoms with Gasteiger partial charge in [-0.05, 0) is 84.6 Å². The van der Waals surface area contributed by atoms with E-state index in [9.17, 15) is 14.4 Å². The predicted octanol–water partition coefficient (Wildman–Crippen LogP) is 8.19. The quantitative estimate of drug-likeness (QED) is 0.110. The number of anilines is 2. The zero-order valence-corrected chi connectivity index (χ0v) is 25.8. The molecule has 0 aromatic heterocycles. The van der Waals surface area contributed by atoms with E-state index in [0.29, 0.717) is 11.3 Å². The van der Waals surface area contributed by atoms with Crippen LogP contribution < -0.4 is 16.0 Å². The van der Waals surface area contributed by atoms with Gasteiger partial charge in [0.2, 0.25) is 5.91 Å². The van der Waals surface area contributed by atoms with E-state index in [4.69, 9.17) is 0 Å². The summed E-state index contributed by atoms with van der Waals surface area (Å²) in [5.41, 5.74) is 5.69. The maximum Gasteiger partial charge on any atom is 0.272 e. The van der Waals surface area contributed by atoms with Crippen LogP contribution in [0.4, 0.5) is 11.4 Å². The third-order valence-electron chi connectivity index (χ3n) is 7.21. The van der Waals surface area contributed by atoms with Gasteiger partial charge < -0.3 is 16.0 Å². The SMILES string of the molecule is Cc1cccc(NC(=O)C(Sc2ccc(NC(=O)/C(=C/c3ccccc3)NC(=O)c3ccccc3)cc2)c2ccccc2)c1C. The molecule has 5 rings (SSSR count). The monoisotopic (exact) mass is 611 g/mol. The van der Waals surface area contributed by atoms with Crippen molar-refractivity contribution in [1.82, 2.24) is 5.32 Å². The molecule has 0 bridgehead atoms. The molecule has 0 saturated carbocycles. The van der Waals surface area contributed by atoms with Gasteiger partial charge in [0.1, 0.15) is 10.9 Å². The minimum atomic E-state index is -0.500. The molecule has 0 aliphatic heterocycles. The second-order valence-electron chi connectivity index (χ2n) is 10.4. The fourth-order valence-electron chi connectivity index (χ4n) is 4.60. The lowest BCUT2D eigenvalue weighted by Gasteiger charge is -2.19. The Morgan fingerprint density at radius 1 is 0.667 bits per heavy atom. The molecule has 0 aliphatic rings. The lowest BCUT2D eigenvalue weighted by molar-refractivity contribution is -0.116. The molecule has 224 valence electrons. The summed E-state index contributed by atoms with van der Waals surface area (Å²) in [6, 6.07) is 40.9. The highest BCUT2D eigenvalue weighted by molar-refractivity contribution is 8.00. The minimum Gasteiger partial charge on any atom is -0.325 e. The van der Waals surface area contributed by atoms with Gasteiger partial charge in [-0.25, -0.2) is 0 Å². The average Bonchev–Trinajstić information content (AvgIpc) is 3.07. The van der Waals surface area contributed by atoms with Crippen molar-refractivity contribution in [2.75, 3.05) is 10.6 Å². The summed E-state index contributed by atoms with van der Waals surface area (Å²) in [6.45, 7) is 4.02. The van der Waals surface area contributed by atoms with Crippen molar-refractivity contribution in [3.05, 3.63) is 167 Å². The Labute approximate surface area is 267 Å². The summed E-state index contributed by atoms with van der Waals surface area (Å²) in [5.74, 6) is -0.966. The number of aryl methyl sites for hydroxylation is 1. The largest absolute Gasteiger partial charge is 0.325 e. The molecule has 3 N–H and O–H groups in total. The maximum absolute atomic E-state index is 13.6. The zero-order valence-electron chi connectivity index (χ0n) is 25.0. The third-order valence-corrected chi connectivity index (χ3v) is 8.47. The van der Waals surface area contributed by atoms with E-state index >= 15 is 0 Å². The number of carbonyl (C=O) groups excluding carboxylic acids is 3. The molecule has 0 radical (unpaired) electrons. The van der Waals surface area contributed by atoms with Crippen LogP contribution in [0.2, 0.25) is 0 Å². The molecule has 7 heteroatoms. The van der Waals surface area contributed by atoms with Crippen LogP contribution in [0.25, 0.3) is 6.08 Å². The van der Waals surface area contributed by atoms with Crippen LogP contribution in [0.3, 0.4) is 0 Å². The normalized spacial score (nSPS) is 11.7. The molecule has 0 aliphatic carbocycles. The lowest BCUT2D eigenvalue weighted by atomic mass is 10.1. The second-order valence-corrected chi connectivity index (χ2v) is 11.6. The van der Waals surface area contributed by atoms with Gasteiger partial charge in [0.15, 0.2) is 0 Å². The fourth-order valence-corrected chi connectivity index (χ4v) is 5.62. The first-order chi connectivity index (χ1) is 21.9. The molecule has 0 heterocycles. The van der Waals surface area contributed by atoms with E-state index in [1.54, 1.807) is 42.5 Å². The number of hydrogen-bond donors (Lipinski definition) is 3. The van der Waals surface area contributed by atoms with Crippen molar-refractivity contribution >= 4 is 46.9 Å². The first-order valence-electron chi connectivity index (χ1n) is 14.5. The van der Waals surface area contributed by atoms with Gasteiger partial charge in [0.05, 0.1) is 0 Å². The molecule has 45 heavy (non-hydrogen) atoms. The molecule has 5 aromatic rings. The highest BCUT2D eigenvalue weighted by Crippen LogP contribution is 2.37. The van der Waals surface area contributed by atoms with Crippen molar-refractivity contribution in [2.24, 2.45) is 0 Å². The zero-order chi connectivity index (χ0) is 31.6. The molecule has 6 nitrogen and oxygen atoms in total. The third kappa shape index (κ3) is 8.37. The first kappa shape index (κ1) is 31.0. The summed E-state index contributed by atoms with van der Waals surface area (Å²) in [6.07, 6.45) is 1.64. The highest BCUT2D eigenvalue weighted by Gasteiger charge is 2.23. The van der Waals surface area contributed by atoms with Crippen LogP contribution in [-0.2, 0) is 9.59 Å². The first-order valence-corrected chi connectivity index (χ1v) is 15.4. The molecule has 3 amide bonds. The average molecular weight is 612 g/mol. The van der Waals surface area contributed by atoms with Gasteiger partial charge in [-0.2, -0.15) is 0 Å². The number of amides is 3. The van der Waals surface area contributed by atoms with E-state index in [0.717, 1.165) is 32.8 Å². The van der Waals surface area contributed by atoms with Gasteiger partial charge in [0.25, 0.3) is 11.8 Å². The Bertz CT molecular complexity index is 1810. The standard InChI is InChI=1S/C38H33N3O3S/c1-26-13-12-20-33(27(26)2)40-38(44)35(29-16-8-4-9-17-29)45-32-23-21-31(22-24-32)39-37(43)34(25-28-14-6-3-7-15-28)41-36(42)30-18-10-5-11-19-30/h3-25,35H,1-2H3,(H,39,43)(H,40,44)(H,41,42)/b34-25-. The van der Waals surface area contributed by atoms with Crippen LogP contribution in [0.5, 0.6) is 0 Å². The van der Waals surface area contributed by atoms with Crippen LogP contribution in [0.1, 0.15) is 37.9 Å². The van der Waals surface area contributed by atoms with Gasteiger partial charge in [-0.15, -0.1) is 11.8 Å². The number of thioether (sulfide) groups is 1. The van der Waals surface area contributed by atoms with Crippen LogP contribution >= 0.6 is 11.8 Å². The van der Waals surface area contributed by atoms with E-state index in [-0.39, 0.29) is 17.5 Å². The van der Waals surface area contributed by atoms with Gasteiger partial charge >= 0.3 is 0 Å². The number of hydrogen-bond acceptors (Lipinski definition) is 4. The van der Waals surface area contributed by atoms with Crippen molar-refractivity contribution in [3.63, 3.8) is 0 Å². The molecule has 0 spiro atoms. The molecule has 1 atom stereocenters. The van der Waals surface area contributed by atoms with Crippen LogP contribution in [0, 0.1) is 13.8 Å². The highest BCUT2D eigenvalue weighted by atomic mass is 32.2. The van der Waals surface area contributed by atoms with E-state index < -0.39 is 11.2 Å². The van der Waals surface area contributed by atoms with Crippen molar-refractivity contribution in [3.8, 4) is 0 Å². The summed E-state index contributed by atoms with van der Waals surface area (Å²) in [4.78, 5) is 40.7. The summed E-state index contributed by atoms with van der Waals surface area (Å²) >= 11 is 1.43. The lowest BCUT2D eigenvalue weighted by Crippen LogP contribution is -2.30. The Balaban J connectivity index is 1.32. The molecule has 0 saturated heterocycles. The topological polar surface area (TPSA) is 87.3 Å². The molecule has 0 fully saturated rings. The van der Waals surface area contributed by atoms with Crippen LogP contribution in [0.15, 0.2) is 144 Å². The fraction of sp³-hybridized carbons (Fsp3) is 0.0789. The number of benzene rings is 5. The van der Waals surface area contributed by atoms with Crippen molar-refractivity contribution < 1.29 is 14.4 Å². The van der Waals surface area contributed by atoms with Gasteiger partial charge in [-0.3, -0.25) is 14.4 Å². The van der Waals surface area contributed by atoms with Gasteiger partial charge in [-0.1, -0.05) is 91.0 Å². The minimum absolute atomic E-state index is 0.112. The smallest absolute Gasteiger partial charge is 0.272 e. The molecule has 1 unspecified atom stereocenters. The van der Waals surface area contributed by atoms with E-state index in [1.165, 1.54) is 11.8 Å². The van der Waals surface area contributed by atoms with Crippen molar-refractivity contribution in [2.45, 2.75) is 24.0 Å². The summed E-state index contributed by atoms with van der Waals surface area (Å²) in [7, 11) is 0. The summed E-state index contributed by atoms with van der Waals surface area (Å²) < 4.78 is 0.